The van der Waals surface area contributed by atoms with Gasteiger partial charge in [0, 0.05) is 18.7 Å². The molecule has 0 amide bonds. The Bertz CT molecular complexity index is 676. The summed E-state index contributed by atoms with van der Waals surface area (Å²) in [5.74, 6) is 0.868. The second kappa shape index (κ2) is 10.9. The Balaban J connectivity index is 1.71. The molecule has 0 aromatic heterocycles. The molecule has 0 saturated carbocycles. The van der Waals surface area contributed by atoms with Gasteiger partial charge in [0.1, 0.15) is 5.78 Å². The highest BCUT2D eigenvalue weighted by Crippen LogP contribution is 2.17. The zero-order valence-electron chi connectivity index (χ0n) is 14.8. The van der Waals surface area contributed by atoms with Crippen LogP contribution in [-0.2, 0) is 24.1 Å². The standard InChI is InChI=1S/C23H27ClO/c1-19(18-24)17-22-13-6-5-12-21(22)14-8-16-23(25)15-7-11-20-9-3-2-4-10-20/h2-6,9-10,12-13H,1,7-8,11,14-18H2. The van der Waals surface area contributed by atoms with E-state index in [1.54, 1.807) is 0 Å². The summed E-state index contributed by atoms with van der Waals surface area (Å²) < 4.78 is 0. The molecule has 0 aliphatic heterocycles. The summed E-state index contributed by atoms with van der Waals surface area (Å²) in [6.45, 7) is 3.99. The van der Waals surface area contributed by atoms with Crippen LogP contribution in [0, 0.1) is 0 Å². The molecule has 0 fully saturated rings. The second-order valence-electron chi connectivity index (χ2n) is 6.56. The minimum atomic E-state index is 0.374. The molecule has 0 radical (unpaired) electrons. The van der Waals surface area contributed by atoms with Gasteiger partial charge < -0.3 is 0 Å². The summed E-state index contributed by atoms with van der Waals surface area (Å²) in [4.78, 5) is 12.1. The molecule has 0 N–H and O–H groups in total. The number of rotatable bonds is 11. The van der Waals surface area contributed by atoms with Crippen LogP contribution in [0.4, 0.5) is 0 Å². The average Bonchev–Trinajstić information content (AvgIpc) is 2.64. The van der Waals surface area contributed by atoms with E-state index in [0.717, 1.165) is 37.7 Å². The molecule has 0 saturated heterocycles. The molecule has 0 atom stereocenters. The van der Waals surface area contributed by atoms with Crippen molar-refractivity contribution in [2.24, 2.45) is 0 Å². The molecule has 0 unspecified atom stereocenters. The number of Topliss-reactive ketones (excluding diaryl/α,β-unsaturated/α-hetero) is 1. The lowest BCUT2D eigenvalue weighted by Crippen LogP contribution is -2.02. The van der Waals surface area contributed by atoms with E-state index in [-0.39, 0.29) is 0 Å². The minimum Gasteiger partial charge on any atom is -0.300 e. The maximum atomic E-state index is 12.1. The molecule has 2 aromatic carbocycles. The molecular formula is C23H27ClO. The van der Waals surface area contributed by atoms with Gasteiger partial charge in [-0.2, -0.15) is 0 Å². The lowest BCUT2D eigenvalue weighted by Gasteiger charge is -2.10. The van der Waals surface area contributed by atoms with Crippen LogP contribution in [0.15, 0.2) is 66.7 Å². The highest BCUT2D eigenvalue weighted by molar-refractivity contribution is 6.19. The molecule has 0 aliphatic carbocycles. The van der Waals surface area contributed by atoms with E-state index in [1.165, 1.54) is 16.7 Å². The quantitative estimate of drug-likeness (QED) is 0.360. The molecule has 0 aliphatic rings. The number of ketones is 1. The van der Waals surface area contributed by atoms with E-state index in [9.17, 15) is 4.79 Å². The van der Waals surface area contributed by atoms with Crippen LogP contribution in [0.1, 0.15) is 42.4 Å². The Morgan fingerprint density at radius 2 is 1.44 bits per heavy atom. The molecule has 2 rings (SSSR count). The molecule has 0 heterocycles. The molecule has 132 valence electrons. The summed E-state index contributed by atoms with van der Waals surface area (Å²) in [5, 5.41) is 0. The van der Waals surface area contributed by atoms with Gasteiger partial charge in [-0.1, -0.05) is 66.7 Å². The lowest BCUT2D eigenvalue weighted by molar-refractivity contribution is -0.119. The normalized spacial score (nSPS) is 10.6. The first-order valence-corrected chi connectivity index (χ1v) is 9.57. The predicted molar refractivity (Wildman–Crippen MR) is 107 cm³/mol. The third-order valence-corrected chi connectivity index (χ3v) is 4.79. The summed E-state index contributed by atoms with van der Waals surface area (Å²) in [7, 11) is 0. The van der Waals surface area contributed by atoms with Crippen molar-refractivity contribution in [3.8, 4) is 0 Å². The highest BCUT2D eigenvalue weighted by Gasteiger charge is 2.06. The van der Waals surface area contributed by atoms with Gasteiger partial charge >= 0.3 is 0 Å². The first-order chi connectivity index (χ1) is 12.2. The monoisotopic (exact) mass is 354 g/mol. The van der Waals surface area contributed by atoms with Crippen LogP contribution < -0.4 is 0 Å². The molecule has 2 aromatic rings. The van der Waals surface area contributed by atoms with Gasteiger partial charge in [-0.05, 0) is 48.8 Å². The number of allylic oxidation sites excluding steroid dienone is 1. The Labute approximate surface area is 156 Å². The van der Waals surface area contributed by atoms with Crippen LogP contribution in [0.5, 0.6) is 0 Å². The minimum absolute atomic E-state index is 0.374. The summed E-state index contributed by atoms with van der Waals surface area (Å²) in [6.07, 6.45) is 5.94. The highest BCUT2D eigenvalue weighted by atomic mass is 35.5. The Kier molecular flexibility index (Phi) is 8.48. The third kappa shape index (κ3) is 7.27. The van der Waals surface area contributed by atoms with Crippen molar-refractivity contribution in [3.05, 3.63) is 83.4 Å². The molecule has 2 heteroatoms. The fourth-order valence-corrected chi connectivity index (χ4v) is 3.12. The number of hydrogen-bond donors (Lipinski definition) is 0. The van der Waals surface area contributed by atoms with Gasteiger partial charge in [0.25, 0.3) is 0 Å². The van der Waals surface area contributed by atoms with E-state index >= 15 is 0 Å². The largest absolute Gasteiger partial charge is 0.300 e. The van der Waals surface area contributed by atoms with Crippen LogP contribution in [0.2, 0.25) is 0 Å². The number of carbonyl (C=O) groups excluding carboxylic acids is 1. The van der Waals surface area contributed by atoms with Gasteiger partial charge in [0.05, 0.1) is 0 Å². The summed E-state index contributed by atoms with van der Waals surface area (Å²) in [6, 6.07) is 18.8. The van der Waals surface area contributed by atoms with Crippen molar-refractivity contribution in [1.82, 2.24) is 0 Å². The zero-order chi connectivity index (χ0) is 17.9. The molecule has 0 bridgehead atoms. The Morgan fingerprint density at radius 3 is 2.12 bits per heavy atom. The van der Waals surface area contributed by atoms with Gasteiger partial charge in [-0.15, -0.1) is 11.6 Å². The molecule has 25 heavy (non-hydrogen) atoms. The van der Waals surface area contributed by atoms with Crippen LogP contribution in [0.25, 0.3) is 0 Å². The van der Waals surface area contributed by atoms with E-state index in [4.69, 9.17) is 11.6 Å². The van der Waals surface area contributed by atoms with Crippen LogP contribution in [-0.4, -0.2) is 11.7 Å². The predicted octanol–water partition coefficient (Wildman–Crippen LogP) is 5.94. The van der Waals surface area contributed by atoms with Crippen molar-refractivity contribution < 1.29 is 4.79 Å². The Morgan fingerprint density at radius 1 is 0.840 bits per heavy atom. The topological polar surface area (TPSA) is 17.1 Å². The fraction of sp³-hybridized carbons (Fsp3) is 0.348. The summed E-state index contributed by atoms with van der Waals surface area (Å²) in [5.41, 5.74) is 4.94. The molecule has 0 spiro atoms. The first-order valence-electron chi connectivity index (χ1n) is 9.04. The van der Waals surface area contributed by atoms with Gasteiger partial charge in [0.15, 0.2) is 0 Å². The molecule has 1 nitrogen and oxygen atoms in total. The van der Waals surface area contributed by atoms with E-state index in [2.05, 4.69) is 43.0 Å². The zero-order valence-corrected chi connectivity index (χ0v) is 15.6. The van der Waals surface area contributed by atoms with Crippen molar-refractivity contribution in [3.63, 3.8) is 0 Å². The third-order valence-electron chi connectivity index (χ3n) is 4.41. The van der Waals surface area contributed by atoms with E-state index < -0.39 is 0 Å². The number of halogens is 1. The number of carbonyl (C=O) groups is 1. The van der Waals surface area contributed by atoms with Crippen LogP contribution >= 0.6 is 11.6 Å². The van der Waals surface area contributed by atoms with E-state index in [0.29, 0.717) is 24.5 Å². The van der Waals surface area contributed by atoms with Gasteiger partial charge in [-0.25, -0.2) is 0 Å². The smallest absolute Gasteiger partial charge is 0.132 e. The number of alkyl halides is 1. The maximum absolute atomic E-state index is 12.1. The number of aryl methyl sites for hydroxylation is 2. The fourth-order valence-electron chi connectivity index (χ4n) is 3.03. The SMILES string of the molecule is C=C(CCl)Cc1ccccc1CCCC(=O)CCCc1ccccc1. The molecular weight excluding hydrogens is 328 g/mol. The van der Waals surface area contributed by atoms with Crippen molar-refractivity contribution in [1.29, 1.82) is 0 Å². The number of hydrogen-bond acceptors (Lipinski definition) is 1. The first kappa shape index (κ1) is 19.5. The second-order valence-corrected chi connectivity index (χ2v) is 6.83. The van der Waals surface area contributed by atoms with Crippen LogP contribution in [0.3, 0.4) is 0 Å². The van der Waals surface area contributed by atoms with Crippen molar-refractivity contribution >= 4 is 17.4 Å². The summed E-state index contributed by atoms with van der Waals surface area (Å²) >= 11 is 5.85. The average molecular weight is 355 g/mol. The van der Waals surface area contributed by atoms with E-state index in [1.807, 2.05) is 18.2 Å². The van der Waals surface area contributed by atoms with Crippen molar-refractivity contribution in [2.45, 2.75) is 44.9 Å². The van der Waals surface area contributed by atoms with Crippen molar-refractivity contribution in [2.75, 3.05) is 5.88 Å². The lowest BCUT2D eigenvalue weighted by atomic mass is 9.96. The van der Waals surface area contributed by atoms with Gasteiger partial charge in [0.2, 0.25) is 0 Å². The number of benzene rings is 2. The van der Waals surface area contributed by atoms with Gasteiger partial charge in [-0.3, -0.25) is 4.79 Å². The maximum Gasteiger partial charge on any atom is 0.132 e. The Hall–Kier alpha value is -1.86.